The van der Waals surface area contributed by atoms with Gasteiger partial charge in [0.15, 0.2) is 0 Å². The summed E-state index contributed by atoms with van der Waals surface area (Å²) in [5.41, 5.74) is 3.06. The number of halogens is 1. The molecule has 0 aliphatic rings. The minimum Gasteiger partial charge on any atom is -0.387 e. The SMILES string of the molecule is CC(C)Nc1c(C(=O)NCC(F)C(C)(C)O)cnc2c1[nH]c1cc(-c3ccc(=O)[nH]c3)ccc12. The number of aromatic nitrogens is 3. The molecular formula is C25H28FN5O3. The van der Waals surface area contributed by atoms with Gasteiger partial charge in [-0.25, -0.2) is 4.39 Å². The van der Waals surface area contributed by atoms with E-state index in [1.54, 1.807) is 12.3 Å². The number of carbonyl (C=O) groups is 1. The first-order valence-electron chi connectivity index (χ1n) is 11.1. The Morgan fingerprint density at radius 3 is 2.59 bits per heavy atom. The molecule has 1 atom stereocenters. The van der Waals surface area contributed by atoms with Gasteiger partial charge in [-0.1, -0.05) is 12.1 Å². The van der Waals surface area contributed by atoms with E-state index in [-0.39, 0.29) is 23.7 Å². The van der Waals surface area contributed by atoms with Gasteiger partial charge in [-0.15, -0.1) is 0 Å². The molecule has 0 saturated heterocycles. The fraction of sp³-hybridized carbons (Fsp3) is 0.320. The highest BCUT2D eigenvalue weighted by Gasteiger charge is 2.27. The number of hydrogen-bond acceptors (Lipinski definition) is 5. The molecule has 4 rings (SSSR count). The summed E-state index contributed by atoms with van der Waals surface area (Å²) < 4.78 is 14.2. The normalized spacial score (nSPS) is 12.9. The fourth-order valence-corrected chi connectivity index (χ4v) is 3.73. The number of nitrogens with one attached hydrogen (secondary N) is 4. The third-order valence-electron chi connectivity index (χ3n) is 5.62. The van der Waals surface area contributed by atoms with Crippen molar-refractivity contribution in [2.24, 2.45) is 0 Å². The molecule has 0 bridgehead atoms. The second-order valence-electron chi connectivity index (χ2n) is 9.23. The number of amides is 1. The molecule has 9 heteroatoms. The number of anilines is 1. The van der Waals surface area contributed by atoms with Gasteiger partial charge in [-0.3, -0.25) is 14.6 Å². The van der Waals surface area contributed by atoms with Crippen molar-refractivity contribution >= 4 is 33.5 Å². The van der Waals surface area contributed by atoms with Crippen molar-refractivity contribution in [3.05, 3.63) is 58.6 Å². The Labute approximate surface area is 195 Å². The zero-order chi connectivity index (χ0) is 24.6. The van der Waals surface area contributed by atoms with Crippen LogP contribution in [0, 0.1) is 0 Å². The highest BCUT2D eigenvalue weighted by atomic mass is 19.1. The van der Waals surface area contributed by atoms with Crippen molar-refractivity contribution in [2.75, 3.05) is 11.9 Å². The minimum absolute atomic E-state index is 0.0190. The van der Waals surface area contributed by atoms with Gasteiger partial charge in [0.25, 0.3) is 5.91 Å². The van der Waals surface area contributed by atoms with Crippen LogP contribution in [0.15, 0.2) is 47.5 Å². The van der Waals surface area contributed by atoms with E-state index in [0.29, 0.717) is 16.7 Å². The van der Waals surface area contributed by atoms with E-state index < -0.39 is 17.7 Å². The number of aromatic amines is 2. The Hall–Kier alpha value is -3.72. The maximum atomic E-state index is 14.2. The maximum Gasteiger partial charge on any atom is 0.255 e. The van der Waals surface area contributed by atoms with Crippen LogP contribution >= 0.6 is 0 Å². The molecule has 0 aliphatic carbocycles. The first-order chi connectivity index (χ1) is 16.0. The summed E-state index contributed by atoms with van der Waals surface area (Å²) in [7, 11) is 0. The molecule has 0 spiro atoms. The van der Waals surface area contributed by atoms with Gasteiger partial charge in [0.05, 0.1) is 34.4 Å². The summed E-state index contributed by atoms with van der Waals surface area (Å²) in [6.07, 6.45) is 1.52. The molecule has 178 valence electrons. The summed E-state index contributed by atoms with van der Waals surface area (Å²) in [5, 5.41) is 16.6. The molecule has 3 aromatic heterocycles. The molecule has 1 amide bonds. The van der Waals surface area contributed by atoms with Crippen LogP contribution in [-0.4, -0.2) is 50.3 Å². The van der Waals surface area contributed by atoms with Gasteiger partial charge >= 0.3 is 0 Å². The van der Waals surface area contributed by atoms with Gasteiger partial charge in [0.2, 0.25) is 5.56 Å². The monoisotopic (exact) mass is 465 g/mol. The summed E-state index contributed by atoms with van der Waals surface area (Å²) in [5.74, 6) is -0.489. The lowest BCUT2D eigenvalue weighted by Crippen LogP contribution is -2.42. The first kappa shape index (κ1) is 23.4. The molecule has 0 fully saturated rings. The van der Waals surface area contributed by atoms with E-state index in [2.05, 4.69) is 25.6 Å². The molecule has 1 unspecified atom stereocenters. The maximum absolute atomic E-state index is 14.2. The average Bonchev–Trinajstić information content (AvgIpc) is 3.15. The van der Waals surface area contributed by atoms with Crippen LogP contribution in [0.2, 0.25) is 0 Å². The van der Waals surface area contributed by atoms with E-state index in [1.807, 2.05) is 32.0 Å². The largest absolute Gasteiger partial charge is 0.387 e. The number of aliphatic hydroxyl groups is 1. The van der Waals surface area contributed by atoms with Crippen LogP contribution < -0.4 is 16.2 Å². The summed E-state index contributed by atoms with van der Waals surface area (Å²) in [6, 6.07) is 9.09. The van der Waals surface area contributed by atoms with Crippen LogP contribution in [0.5, 0.6) is 0 Å². The van der Waals surface area contributed by atoms with Crippen molar-refractivity contribution in [1.29, 1.82) is 0 Å². The van der Waals surface area contributed by atoms with Crippen LogP contribution in [0.25, 0.3) is 33.1 Å². The van der Waals surface area contributed by atoms with Crippen LogP contribution in [0.1, 0.15) is 38.1 Å². The number of alkyl halides is 1. The number of benzene rings is 1. The quantitative estimate of drug-likeness (QED) is 0.285. The van der Waals surface area contributed by atoms with Crippen molar-refractivity contribution < 1.29 is 14.3 Å². The van der Waals surface area contributed by atoms with Gasteiger partial charge in [-0.2, -0.15) is 0 Å². The smallest absolute Gasteiger partial charge is 0.255 e. The summed E-state index contributed by atoms with van der Waals surface area (Å²) in [4.78, 5) is 34.9. The van der Waals surface area contributed by atoms with E-state index in [4.69, 9.17) is 0 Å². The number of hydrogen-bond donors (Lipinski definition) is 5. The second-order valence-corrected chi connectivity index (χ2v) is 9.23. The number of pyridine rings is 2. The van der Waals surface area contributed by atoms with Gasteiger partial charge in [0.1, 0.15) is 6.17 Å². The third-order valence-corrected chi connectivity index (χ3v) is 5.62. The third kappa shape index (κ3) is 4.65. The van der Waals surface area contributed by atoms with Crippen molar-refractivity contribution in [3.63, 3.8) is 0 Å². The number of rotatable bonds is 7. The fourth-order valence-electron chi connectivity index (χ4n) is 3.73. The van der Waals surface area contributed by atoms with E-state index in [1.165, 1.54) is 26.1 Å². The van der Waals surface area contributed by atoms with Crippen LogP contribution in [0.3, 0.4) is 0 Å². The predicted molar refractivity (Wildman–Crippen MR) is 132 cm³/mol. The molecular weight excluding hydrogens is 437 g/mol. The number of fused-ring (bicyclic) bond motifs is 3. The lowest BCUT2D eigenvalue weighted by Gasteiger charge is -2.23. The number of carbonyl (C=O) groups excluding carboxylic acids is 1. The van der Waals surface area contributed by atoms with E-state index in [0.717, 1.165) is 22.0 Å². The minimum atomic E-state index is -1.62. The second kappa shape index (κ2) is 8.90. The number of nitrogens with zero attached hydrogens (tertiary/aromatic N) is 1. The Kier molecular flexibility index (Phi) is 6.14. The summed E-state index contributed by atoms with van der Waals surface area (Å²) >= 11 is 0. The first-order valence-corrected chi connectivity index (χ1v) is 11.1. The van der Waals surface area contributed by atoms with Crippen LogP contribution in [0.4, 0.5) is 10.1 Å². The van der Waals surface area contributed by atoms with Gasteiger partial charge in [-0.05, 0) is 51.0 Å². The van der Waals surface area contributed by atoms with Crippen molar-refractivity contribution in [1.82, 2.24) is 20.3 Å². The molecule has 0 radical (unpaired) electrons. The van der Waals surface area contributed by atoms with Crippen LogP contribution in [-0.2, 0) is 0 Å². The molecule has 3 heterocycles. The number of H-pyrrole nitrogens is 2. The predicted octanol–water partition coefficient (Wildman–Crippen LogP) is 3.73. The molecule has 1 aromatic carbocycles. The molecule has 5 N–H and O–H groups in total. The Morgan fingerprint density at radius 2 is 1.94 bits per heavy atom. The Bertz CT molecular complexity index is 1400. The Balaban J connectivity index is 1.77. The highest BCUT2D eigenvalue weighted by molar-refractivity contribution is 6.14. The zero-order valence-corrected chi connectivity index (χ0v) is 19.5. The Morgan fingerprint density at radius 1 is 1.21 bits per heavy atom. The zero-order valence-electron chi connectivity index (χ0n) is 19.5. The molecule has 4 aromatic rings. The van der Waals surface area contributed by atoms with Gasteiger partial charge in [0, 0.05) is 35.4 Å². The topological polar surface area (TPSA) is 123 Å². The standard InChI is InChI=1S/C25H28FN5O3/c1-13(2)30-22-17(24(33)29-12-19(26)25(3,4)34)11-28-21-16-7-5-14(9-18(16)31-23(21)22)15-6-8-20(32)27-10-15/h5-11,13,19,31,34H,12H2,1-4H3,(H,27,32)(H,28,30)(H,29,33). The molecule has 8 nitrogen and oxygen atoms in total. The van der Waals surface area contributed by atoms with E-state index >= 15 is 0 Å². The highest BCUT2D eigenvalue weighted by Crippen LogP contribution is 2.33. The lowest BCUT2D eigenvalue weighted by molar-refractivity contribution is -0.00177. The molecule has 0 saturated carbocycles. The van der Waals surface area contributed by atoms with Crippen molar-refractivity contribution in [3.8, 4) is 11.1 Å². The average molecular weight is 466 g/mol. The summed E-state index contributed by atoms with van der Waals surface area (Å²) in [6.45, 7) is 6.30. The lowest BCUT2D eigenvalue weighted by atomic mass is 10.0. The van der Waals surface area contributed by atoms with Gasteiger partial charge < -0.3 is 25.7 Å². The molecule has 0 aliphatic heterocycles. The van der Waals surface area contributed by atoms with Crippen molar-refractivity contribution in [2.45, 2.75) is 45.5 Å². The van der Waals surface area contributed by atoms with E-state index in [9.17, 15) is 19.1 Å². The molecule has 34 heavy (non-hydrogen) atoms.